The van der Waals surface area contributed by atoms with Gasteiger partial charge < -0.3 is 9.64 Å². The smallest absolute Gasteiger partial charge is 0.137 e. The van der Waals surface area contributed by atoms with Crippen LogP contribution < -0.4 is 4.90 Å². The number of hydrogen-bond donors (Lipinski definition) is 0. The third-order valence-electron chi connectivity index (χ3n) is 3.10. The van der Waals surface area contributed by atoms with Gasteiger partial charge in [-0.2, -0.15) is 0 Å². The van der Waals surface area contributed by atoms with Gasteiger partial charge in [0.25, 0.3) is 0 Å². The number of anilines is 1. The molecule has 18 heavy (non-hydrogen) atoms. The molecule has 102 valence electrons. The fourth-order valence-corrected chi connectivity index (χ4v) is 2.01. The Bertz CT molecular complexity index is 398. The van der Waals surface area contributed by atoms with Gasteiger partial charge in [-0.15, -0.1) is 0 Å². The average Bonchev–Trinajstić information content (AvgIpc) is 2.34. The van der Waals surface area contributed by atoms with Gasteiger partial charge in [0.2, 0.25) is 0 Å². The van der Waals surface area contributed by atoms with Gasteiger partial charge in [-0.3, -0.25) is 0 Å². The van der Waals surface area contributed by atoms with Gasteiger partial charge in [-0.1, -0.05) is 18.5 Å². The lowest BCUT2D eigenvalue weighted by Gasteiger charge is -2.31. The minimum absolute atomic E-state index is 0.393. The molecule has 0 radical (unpaired) electrons. The van der Waals surface area contributed by atoms with Crippen molar-refractivity contribution in [2.75, 3.05) is 25.2 Å². The van der Waals surface area contributed by atoms with E-state index in [0.29, 0.717) is 23.6 Å². The van der Waals surface area contributed by atoms with Gasteiger partial charge in [0.15, 0.2) is 0 Å². The van der Waals surface area contributed by atoms with Crippen LogP contribution in [0.25, 0.3) is 0 Å². The normalized spacial score (nSPS) is 12.6. The van der Waals surface area contributed by atoms with E-state index >= 15 is 0 Å². The minimum Gasteiger partial charge on any atom is -0.383 e. The molecule has 1 aromatic rings. The first-order valence-electron chi connectivity index (χ1n) is 6.27. The molecule has 0 bridgehead atoms. The van der Waals surface area contributed by atoms with Crippen molar-refractivity contribution in [2.45, 2.75) is 40.2 Å². The van der Waals surface area contributed by atoms with Crippen molar-refractivity contribution in [3.63, 3.8) is 0 Å². The topological polar surface area (TPSA) is 38.2 Å². The lowest BCUT2D eigenvalue weighted by molar-refractivity contribution is 0.203. The summed E-state index contributed by atoms with van der Waals surface area (Å²) in [6, 6.07) is 0.393. The van der Waals surface area contributed by atoms with Crippen LogP contribution in [0.3, 0.4) is 0 Å². The van der Waals surface area contributed by atoms with Crippen LogP contribution in [0.1, 0.15) is 31.7 Å². The standard InChI is InChI=1S/C13H22ClN3O/c1-6-9(2)17(7-8-18-5)13-10(3)12(14)15-11(4)16-13/h9H,6-8H2,1-5H3. The van der Waals surface area contributed by atoms with Crippen molar-refractivity contribution in [1.82, 2.24) is 9.97 Å². The van der Waals surface area contributed by atoms with Crippen LogP contribution in [0.15, 0.2) is 0 Å². The summed E-state index contributed by atoms with van der Waals surface area (Å²) < 4.78 is 5.17. The fraction of sp³-hybridized carbons (Fsp3) is 0.692. The number of rotatable bonds is 6. The van der Waals surface area contributed by atoms with Gasteiger partial charge in [0.05, 0.1) is 6.61 Å². The maximum atomic E-state index is 6.14. The highest BCUT2D eigenvalue weighted by Gasteiger charge is 2.18. The Morgan fingerprint density at radius 2 is 2.00 bits per heavy atom. The van der Waals surface area contributed by atoms with Crippen molar-refractivity contribution in [3.8, 4) is 0 Å². The molecule has 0 saturated heterocycles. The molecule has 5 heteroatoms. The van der Waals surface area contributed by atoms with Crippen LogP contribution in [-0.2, 0) is 4.74 Å². The van der Waals surface area contributed by atoms with Gasteiger partial charge >= 0.3 is 0 Å². The zero-order valence-corrected chi connectivity index (χ0v) is 12.6. The van der Waals surface area contributed by atoms with E-state index in [1.54, 1.807) is 7.11 Å². The Morgan fingerprint density at radius 3 is 2.56 bits per heavy atom. The molecule has 0 aliphatic rings. The summed E-state index contributed by atoms with van der Waals surface area (Å²) in [5.41, 5.74) is 0.929. The maximum Gasteiger partial charge on any atom is 0.137 e. The summed E-state index contributed by atoms with van der Waals surface area (Å²) in [4.78, 5) is 10.9. The molecule has 1 aromatic heterocycles. The Labute approximate surface area is 114 Å². The van der Waals surface area contributed by atoms with Crippen molar-refractivity contribution >= 4 is 17.4 Å². The Kier molecular flexibility index (Phi) is 5.82. The number of aryl methyl sites for hydroxylation is 1. The van der Waals surface area contributed by atoms with Gasteiger partial charge in [0, 0.05) is 25.3 Å². The summed E-state index contributed by atoms with van der Waals surface area (Å²) in [5, 5.41) is 0.531. The SMILES string of the molecule is CCC(C)N(CCOC)c1nc(C)nc(Cl)c1C. The first-order valence-corrected chi connectivity index (χ1v) is 6.65. The van der Waals surface area contributed by atoms with Gasteiger partial charge in [-0.25, -0.2) is 9.97 Å². The van der Waals surface area contributed by atoms with E-state index in [2.05, 4.69) is 28.7 Å². The van der Waals surface area contributed by atoms with Crippen LogP contribution in [-0.4, -0.2) is 36.3 Å². The molecule has 0 amide bonds. The summed E-state index contributed by atoms with van der Waals surface area (Å²) in [7, 11) is 1.71. The van der Waals surface area contributed by atoms with E-state index in [1.807, 2.05) is 13.8 Å². The Balaban J connectivity index is 3.11. The molecule has 0 spiro atoms. The van der Waals surface area contributed by atoms with E-state index in [9.17, 15) is 0 Å². The predicted molar refractivity (Wildman–Crippen MR) is 75.5 cm³/mol. The molecule has 0 aliphatic carbocycles. The lowest BCUT2D eigenvalue weighted by atomic mass is 10.2. The monoisotopic (exact) mass is 271 g/mol. The van der Waals surface area contributed by atoms with E-state index < -0.39 is 0 Å². The predicted octanol–water partition coefficient (Wildman–Crippen LogP) is 3.00. The van der Waals surface area contributed by atoms with Gasteiger partial charge in [-0.05, 0) is 27.2 Å². The second-order valence-electron chi connectivity index (χ2n) is 4.45. The number of ether oxygens (including phenoxy) is 1. The average molecular weight is 272 g/mol. The molecule has 1 heterocycles. The third-order valence-corrected chi connectivity index (χ3v) is 3.47. The molecule has 0 aromatic carbocycles. The summed E-state index contributed by atoms with van der Waals surface area (Å²) in [6.45, 7) is 9.64. The van der Waals surface area contributed by atoms with Crippen molar-refractivity contribution < 1.29 is 4.74 Å². The number of halogens is 1. The highest BCUT2D eigenvalue weighted by atomic mass is 35.5. The molecule has 0 aliphatic heterocycles. The molecular weight excluding hydrogens is 250 g/mol. The Morgan fingerprint density at radius 1 is 1.33 bits per heavy atom. The number of hydrogen-bond acceptors (Lipinski definition) is 4. The highest BCUT2D eigenvalue weighted by Crippen LogP contribution is 2.25. The molecule has 0 saturated carbocycles. The highest BCUT2D eigenvalue weighted by molar-refractivity contribution is 6.30. The van der Waals surface area contributed by atoms with Crippen molar-refractivity contribution in [3.05, 3.63) is 16.5 Å². The van der Waals surface area contributed by atoms with Crippen LogP contribution in [0.4, 0.5) is 5.82 Å². The van der Waals surface area contributed by atoms with Crippen molar-refractivity contribution in [1.29, 1.82) is 0 Å². The van der Waals surface area contributed by atoms with E-state index in [1.165, 1.54) is 0 Å². The summed E-state index contributed by atoms with van der Waals surface area (Å²) in [6.07, 6.45) is 1.05. The maximum absolute atomic E-state index is 6.14. The second-order valence-corrected chi connectivity index (χ2v) is 4.81. The third kappa shape index (κ3) is 3.56. The van der Waals surface area contributed by atoms with Crippen LogP contribution in [0, 0.1) is 13.8 Å². The molecule has 1 rings (SSSR count). The van der Waals surface area contributed by atoms with Crippen LogP contribution in [0.5, 0.6) is 0 Å². The number of aromatic nitrogens is 2. The molecule has 0 N–H and O–H groups in total. The molecule has 0 fully saturated rings. The first kappa shape index (κ1) is 15.2. The second kappa shape index (κ2) is 6.90. The molecular formula is C13H22ClN3O. The van der Waals surface area contributed by atoms with Crippen molar-refractivity contribution in [2.24, 2.45) is 0 Å². The van der Waals surface area contributed by atoms with Crippen LogP contribution >= 0.6 is 11.6 Å². The zero-order chi connectivity index (χ0) is 13.7. The van der Waals surface area contributed by atoms with E-state index in [4.69, 9.17) is 16.3 Å². The number of nitrogens with zero attached hydrogens (tertiary/aromatic N) is 3. The number of methoxy groups -OCH3 is 1. The summed E-state index contributed by atoms with van der Waals surface area (Å²) in [5.74, 6) is 1.62. The molecule has 1 atom stereocenters. The fourth-order valence-electron chi connectivity index (χ4n) is 1.80. The zero-order valence-electron chi connectivity index (χ0n) is 11.8. The quantitative estimate of drug-likeness (QED) is 0.746. The molecule has 1 unspecified atom stereocenters. The molecule has 4 nitrogen and oxygen atoms in total. The van der Waals surface area contributed by atoms with Gasteiger partial charge in [0.1, 0.15) is 16.8 Å². The minimum atomic E-state index is 0.393. The largest absolute Gasteiger partial charge is 0.383 e. The first-order chi connectivity index (χ1) is 8.51. The van der Waals surface area contributed by atoms with E-state index in [-0.39, 0.29) is 0 Å². The Hall–Kier alpha value is -0.870. The lowest BCUT2D eigenvalue weighted by Crippen LogP contribution is -2.36. The summed E-state index contributed by atoms with van der Waals surface area (Å²) >= 11 is 6.14. The van der Waals surface area contributed by atoms with Crippen LogP contribution in [0.2, 0.25) is 5.15 Å². The van der Waals surface area contributed by atoms with E-state index in [0.717, 1.165) is 24.3 Å².